The van der Waals surface area contributed by atoms with Gasteiger partial charge in [-0.2, -0.15) is 0 Å². The summed E-state index contributed by atoms with van der Waals surface area (Å²) in [7, 11) is 0. The molecule has 1 aromatic rings. The van der Waals surface area contributed by atoms with Crippen LogP contribution in [-0.4, -0.2) is 47.4 Å². The number of aliphatic hydroxyl groups is 1. The van der Waals surface area contributed by atoms with Crippen molar-refractivity contribution in [2.75, 3.05) is 25.0 Å². The molecule has 5 nitrogen and oxygen atoms in total. The molecule has 116 valence electrons. The Morgan fingerprint density at radius 1 is 1.33 bits per heavy atom. The normalized spacial score (nSPS) is 15.5. The first kappa shape index (κ1) is 15.6. The Labute approximate surface area is 125 Å². The number of aliphatic hydroxyl groups excluding tert-OH is 1. The van der Waals surface area contributed by atoms with Crippen molar-refractivity contribution in [3.8, 4) is 0 Å². The van der Waals surface area contributed by atoms with E-state index in [9.17, 15) is 4.79 Å². The molecule has 0 aromatic heterocycles. The number of anilines is 1. The zero-order valence-electron chi connectivity index (χ0n) is 12.9. The number of rotatable bonds is 4. The van der Waals surface area contributed by atoms with Crippen LogP contribution in [0.3, 0.4) is 0 Å². The molecule has 0 aliphatic carbocycles. The number of hydrogen-bond acceptors (Lipinski definition) is 4. The second kappa shape index (κ2) is 6.35. The zero-order valence-corrected chi connectivity index (χ0v) is 12.9. The summed E-state index contributed by atoms with van der Waals surface area (Å²) in [6, 6.07) is 8.27. The number of carbonyl (C=O) groups is 1. The van der Waals surface area contributed by atoms with Gasteiger partial charge < -0.3 is 20.1 Å². The van der Waals surface area contributed by atoms with Crippen LogP contribution in [-0.2, 0) is 11.2 Å². The monoisotopic (exact) mass is 292 g/mol. The number of benzene rings is 1. The lowest BCUT2D eigenvalue weighted by molar-refractivity contribution is 0.0105. The molecule has 1 aliphatic rings. The van der Waals surface area contributed by atoms with E-state index in [0.29, 0.717) is 19.5 Å². The highest BCUT2D eigenvalue weighted by Crippen LogP contribution is 2.19. The van der Waals surface area contributed by atoms with Crippen LogP contribution in [0, 0.1) is 0 Å². The van der Waals surface area contributed by atoms with Crippen molar-refractivity contribution in [3.05, 3.63) is 29.8 Å². The van der Waals surface area contributed by atoms with Crippen LogP contribution in [0.2, 0.25) is 0 Å². The van der Waals surface area contributed by atoms with Gasteiger partial charge in [-0.1, -0.05) is 12.1 Å². The van der Waals surface area contributed by atoms with Crippen LogP contribution in [0.1, 0.15) is 26.3 Å². The highest BCUT2D eigenvalue weighted by atomic mass is 16.6. The molecule has 0 bridgehead atoms. The molecule has 1 amide bonds. The Balaban J connectivity index is 1.76. The van der Waals surface area contributed by atoms with Gasteiger partial charge in [0.05, 0.1) is 6.04 Å². The van der Waals surface area contributed by atoms with Gasteiger partial charge in [0.15, 0.2) is 0 Å². The molecule has 1 aromatic carbocycles. The van der Waals surface area contributed by atoms with Gasteiger partial charge in [0.1, 0.15) is 5.60 Å². The van der Waals surface area contributed by atoms with Gasteiger partial charge in [-0.15, -0.1) is 0 Å². The summed E-state index contributed by atoms with van der Waals surface area (Å²) in [6.45, 7) is 7.10. The summed E-state index contributed by atoms with van der Waals surface area (Å²) in [6.07, 6.45) is 0.426. The number of nitrogens with zero attached hydrogens (tertiary/aromatic N) is 1. The zero-order chi connectivity index (χ0) is 15.5. The Kier molecular flexibility index (Phi) is 4.73. The summed E-state index contributed by atoms with van der Waals surface area (Å²) < 4.78 is 5.32. The SMILES string of the molecule is CC(C)(C)OC(=O)N1CC(Nc2ccc(CCO)cc2)C1. The molecule has 2 rings (SSSR count). The van der Waals surface area contributed by atoms with Crippen molar-refractivity contribution < 1.29 is 14.6 Å². The van der Waals surface area contributed by atoms with Crippen molar-refractivity contribution in [1.82, 2.24) is 4.90 Å². The number of likely N-dealkylation sites (tertiary alicyclic amines) is 1. The highest BCUT2D eigenvalue weighted by molar-refractivity contribution is 5.69. The average Bonchev–Trinajstić information content (AvgIpc) is 2.33. The summed E-state index contributed by atoms with van der Waals surface area (Å²) in [4.78, 5) is 13.5. The van der Waals surface area contributed by atoms with E-state index in [1.165, 1.54) is 0 Å². The molecule has 0 radical (unpaired) electrons. The predicted octanol–water partition coefficient (Wildman–Crippen LogP) is 2.25. The van der Waals surface area contributed by atoms with Crippen molar-refractivity contribution in [2.45, 2.75) is 38.8 Å². The molecule has 0 saturated carbocycles. The number of carbonyl (C=O) groups excluding carboxylic acids is 1. The van der Waals surface area contributed by atoms with Gasteiger partial charge in [0, 0.05) is 25.4 Å². The van der Waals surface area contributed by atoms with Gasteiger partial charge in [0.2, 0.25) is 0 Å². The van der Waals surface area contributed by atoms with E-state index in [1.54, 1.807) is 4.90 Å². The van der Waals surface area contributed by atoms with Crippen molar-refractivity contribution in [2.24, 2.45) is 0 Å². The first-order valence-corrected chi connectivity index (χ1v) is 7.31. The van der Waals surface area contributed by atoms with Crippen LogP contribution >= 0.6 is 0 Å². The quantitative estimate of drug-likeness (QED) is 0.893. The third-order valence-corrected chi connectivity index (χ3v) is 3.26. The number of nitrogens with one attached hydrogen (secondary N) is 1. The lowest BCUT2D eigenvalue weighted by Crippen LogP contribution is -2.57. The third kappa shape index (κ3) is 4.63. The van der Waals surface area contributed by atoms with Crippen LogP contribution in [0.15, 0.2) is 24.3 Å². The van der Waals surface area contributed by atoms with Crippen molar-refractivity contribution in [1.29, 1.82) is 0 Å². The molecule has 21 heavy (non-hydrogen) atoms. The molecule has 5 heteroatoms. The van der Waals surface area contributed by atoms with E-state index in [2.05, 4.69) is 5.32 Å². The van der Waals surface area contributed by atoms with Crippen molar-refractivity contribution in [3.63, 3.8) is 0 Å². The minimum Gasteiger partial charge on any atom is -0.444 e. The van der Waals surface area contributed by atoms with Crippen LogP contribution in [0.5, 0.6) is 0 Å². The number of amides is 1. The molecule has 0 spiro atoms. The average molecular weight is 292 g/mol. The molecule has 1 heterocycles. The van der Waals surface area contributed by atoms with E-state index in [-0.39, 0.29) is 18.7 Å². The molecular formula is C16H24N2O3. The Morgan fingerprint density at radius 3 is 2.48 bits per heavy atom. The number of ether oxygens (including phenoxy) is 1. The Hall–Kier alpha value is -1.75. The van der Waals surface area contributed by atoms with Crippen LogP contribution in [0.25, 0.3) is 0 Å². The fourth-order valence-electron chi connectivity index (χ4n) is 2.18. The van der Waals surface area contributed by atoms with Gasteiger partial charge in [0.25, 0.3) is 0 Å². The second-order valence-electron chi connectivity index (χ2n) is 6.40. The third-order valence-electron chi connectivity index (χ3n) is 3.26. The summed E-state index contributed by atoms with van der Waals surface area (Å²) >= 11 is 0. The summed E-state index contributed by atoms with van der Waals surface area (Å²) in [5, 5.41) is 12.3. The van der Waals surface area contributed by atoms with E-state index in [0.717, 1.165) is 11.3 Å². The minimum absolute atomic E-state index is 0.167. The molecule has 1 fully saturated rings. The van der Waals surface area contributed by atoms with E-state index in [4.69, 9.17) is 9.84 Å². The lowest BCUT2D eigenvalue weighted by atomic mass is 10.1. The first-order valence-electron chi connectivity index (χ1n) is 7.31. The Morgan fingerprint density at radius 2 is 1.95 bits per heavy atom. The topological polar surface area (TPSA) is 61.8 Å². The largest absolute Gasteiger partial charge is 0.444 e. The fourth-order valence-corrected chi connectivity index (χ4v) is 2.18. The molecule has 1 saturated heterocycles. The standard InChI is InChI=1S/C16H24N2O3/c1-16(2,3)21-15(20)18-10-14(11-18)17-13-6-4-12(5-7-13)8-9-19/h4-7,14,17,19H,8-11H2,1-3H3. The van der Waals surface area contributed by atoms with Gasteiger partial charge in [-0.05, 0) is 44.9 Å². The maximum Gasteiger partial charge on any atom is 0.410 e. The van der Waals surface area contributed by atoms with E-state index < -0.39 is 5.60 Å². The molecule has 1 aliphatic heterocycles. The molecule has 0 unspecified atom stereocenters. The molecule has 0 atom stereocenters. The van der Waals surface area contributed by atoms with Crippen LogP contribution < -0.4 is 5.32 Å². The fraction of sp³-hybridized carbons (Fsp3) is 0.562. The Bertz CT molecular complexity index is 473. The van der Waals surface area contributed by atoms with Crippen molar-refractivity contribution >= 4 is 11.8 Å². The summed E-state index contributed by atoms with van der Waals surface area (Å²) in [5.41, 5.74) is 1.70. The first-order chi connectivity index (χ1) is 9.87. The van der Waals surface area contributed by atoms with Gasteiger partial charge >= 0.3 is 6.09 Å². The van der Waals surface area contributed by atoms with E-state index >= 15 is 0 Å². The van der Waals surface area contributed by atoms with E-state index in [1.807, 2.05) is 45.0 Å². The van der Waals surface area contributed by atoms with Gasteiger partial charge in [-0.3, -0.25) is 0 Å². The smallest absolute Gasteiger partial charge is 0.410 e. The minimum atomic E-state index is -0.446. The number of hydrogen-bond donors (Lipinski definition) is 2. The lowest BCUT2D eigenvalue weighted by Gasteiger charge is -2.40. The highest BCUT2D eigenvalue weighted by Gasteiger charge is 2.33. The molecule has 2 N–H and O–H groups in total. The molecular weight excluding hydrogens is 268 g/mol. The maximum atomic E-state index is 11.8. The maximum absolute atomic E-state index is 11.8. The predicted molar refractivity (Wildman–Crippen MR) is 82.4 cm³/mol. The summed E-state index contributed by atoms with van der Waals surface area (Å²) in [5.74, 6) is 0. The van der Waals surface area contributed by atoms with Crippen LogP contribution in [0.4, 0.5) is 10.5 Å². The second-order valence-corrected chi connectivity index (χ2v) is 6.40. The van der Waals surface area contributed by atoms with Gasteiger partial charge in [-0.25, -0.2) is 4.79 Å².